The summed E-state index contributed by atoms with van der Waals surface area (Å²) in [5, 5.41) is 7.76. The highest BCUT2D eigenvalue weighted by molar-refractivity contribution is 8.14. The van der Waals surface area contributed by atoms with Gasteiger partial charge in [-0.2, -0.15) is 0 Å². The molecule has 2 N–H and O–H groups in total. The normalized spacial score (nSPS) is 22.8. The molecule has 0 spiro atoms. The number of hydrazone groups is 1. The van der Waals surface area contributed by atoms with Crippen LogP contribution in [0.25, 0.3) is 0 Å². The number of rotatable bonds is 6. The molecule has 2 amide bonds. The molecule has 7 nitrogen and oxygen atoms in total. The van der Waals surface area contributed by atoms with Gasteiger partial charge in [-0.15, -0.1) is 5.10 Å². The molecule has 170 valence electrons. The van der Waals surface area contributed by atoms with E-state index >= 15 is 0 Å². The number of Topliss-reactive ketones (excluding diaryl/α,β-unsaturated/α-hetero) is 1. The van der Waals surface area contributed by atoms with Crippen molar-refractivity contribution in [2.45, 2.75) is 84.1 Å². The van der Waals surface area contributed by atoms with E-state index in [1.54, 1.807) is 11.8 Å². The van der Waals surface area contributed by atoms with Gasteiger partial charge < -0.3 is 10.2 Å². The largest absolute Gasteiger partial charge is 0.352 e. The molecule has 3 aliphatic rings. The van der Waals surface area contributed by atoms with Gasteiger partial charge in [0.15, 0.2) is 5.17 Å². The molecule has 1 heterocycles. The molecule has 1 saturated heterocycles. The third kappa shape index (κ3) is 7.00. The van der Waals surface area contributed by atoms with E-state index in [1.165, 1.54) is 6.42 Å². The summed E-state index contributed by atoms with van der Waals surface area (Å²) >= 11 is 1.55. The lowest BCUT2D eigenvalue weighted by molar-refractivity contribution is -0.141. The number of nitrogens with one attached hydrogen (secondary N) is 2. The quantitative estimate of drug-likeness (QED) is 0.490. The lowest BCUT2D eigenvalue weighted by Gasteiger charge is -2.31. The van der Waals surface area contributed by atoms with E-state index in [0.29, 0.717) is 5.17 Å². The Balaban J connectivity index is 0.00000155. The number of thioether (sulfide) groups is 1. The molecular weight excluding hydrogens is 400 g/mol. The Hall–Kier alpha value is -1.57. The van der Waals surface area contributed by atoms with Crippen molar-refractivity contribution in [1.29, 1.82) is 0 Å². The molecule has 1 aliphatic heterocycles. The second kappa shape index (κ2) is 13.0. The summed E-state index contributed by atoms with van der Waals surface area (Å²) in [4.78, 5) is 40.1. The lowest BCUT2D eigenvalue weighted by Crippen LogP contribution is -2.52. The maximum absolute atomic E-state index is 12.9. The fourth-order valence-corrected chi connectivity index (χ4v) is 5.36. The van der Waals surface area contributed by atoms with Crippen LogP contribution in [0.3, 0.4) is 0 Å². The average Bonchev–Trinajstić information content (AvgIpc) is 3.22. The Morgan fingerprint density at radius 3 is 2.17 bits per heavy atom. The molecule has 1 unspecified atom stereocenters. The number of nitrogens with zero attached hydrogens (tertiary/aromatic N) is 2. The molecule has 0 aromatic carbocycles. The summed E-state index contributed by atoms with van der Waals surface area (Å²) < 4.78 is 0. The van der Waals surface area contributed by atoms with Gasteiger partial charge in [0, 0.05) is 25.3 Å². The molecular formula is C22H38N4O3S. The number of carbonyl (C=O) groups is 3. The second-order valence-corrected chi connectivity index (χ2v) is 9.25. The van der Waals surface area contributed by atoms with Crippen LogP contribution in [0, 0.1) is 11.8 Å². The van der Waals surface area contributed by atoms with Crippen LogP contribution in [0.15, 0.2) is 5.10 Å². The van der Waals surface area contributed by atoms with Crippen molar-refractivity contribution < 1.29 is 14.4 Å². The van der Waals surface area contributed by atoms with E-state index in [4.69, 9.17) is 0 Å². The van der Waals surface area contributed by atoms with Gasteiger partial charge in [-0.1, -0.05) is 64.1 Å². The third-order valence-electron chi connectivity index (χ3n) is 6.14. The van der Waals surface area contributed by atoms with Gasteiger partial charge in [-0.05, 0) is 31.6 Å². The Morgan fingerprint density at radius 2 is 1.60 bits per heavy atom. The maximum atomic E-state index is 12.9. The van der Waals surface area contributed by atoms with E-state index in [1.807, 2.05) is 25.8 Å². The predicted molar refractivity (Wildman–Crippen MR) is 122 cm³/mol. The molecule has 2 aliphatic carbocycles. The number of amidine groups is 1. The first-order valence-electron chi connectivity index (χ1n) is 11.6. The fraction of sp³-hybridized carbons (Fsp3) is 0.818. The van der Waals surface area contributed by atoms with Crippen LogP contribution in [-0.4, -0.2) is 53.1 Å². The molecule has 0 aromatic heterocycles. The maximum Gasteiger partial charge on any atom is 0.309 e. The van der Waals surface area contributed by atoms with Gasteiger partial charge in [0.05, 0.1) is 0 Å². The summed E-state index contributed by atoms with van der Waals surface area (Å²) in [5.74, 6) is -0.426. The molecule has 3 fully saturated rings. The smallest absolute Gasteiger partial charge is 0.309 e. The minimum Gasteiger partial charge on any atom is -0.352 e. The van der Waals surface area contributed by atoms with Crippen molar-refractivity contribution >= 4 is 34.5 Å². The van der Waals surface area contributed by atoms with Gasteiger partial charge in [0.1, 0.15) is 6.04 Å². The number of ketones is 1. The number of amides is 2. The molecule has 0 aromatic rings. The summed E-state index contributed by atoms with van der Waals surface area (Å²) in [5.41, 5.74) is 2.41. The van der Waals surface area contributed by atoms with Crippen molar-refractivity contribution in [3.63, 3.8) is 0 Å². The van der Waals surface area contributed by atoms with E-state index in [9.17, 15) is 14.4 Å². The van der Waals surface area contributed by atoms with E-state index < -0.39 is 17.7 Å². The molecule has 1 atom stereocenters. The predicted octanol–water partition coefficient (Wildman–Crippen LogP) is 3.29. The Morgan fingerprint density at radius 1 is 1.00 bits per heavy atom. The zero-order valence-corrected chi connectivity index (χ0v) is 19.6. The SMILES string of the molecule is CC.CN1CCS/C1=N/NC(=O)C(=O)C(NC(=O)C1CCCCC1)C1CCCCC1. The number of carbonyl (C=O) groups excluding carboxylic acids is 3. The molecule has 0 radical (unpaired) electrons. The van der Waals surface area contributed by atoms with Crippen molar-refractivity contribution in [1.82, 2.24) is 15.6 Å². The first-order chi connectivity index (χ1) is 14.6. The highest BCUT2D eigenvalue weighted by Crippen LogP contribution is 2.29. The van der Waals surface area contributed by atoms with Crippen molar-refractivity contribution in [3.8, 4) is 0 Å². The van der Waals surface area contributed by atoms with E-state index in [0.717, 1.165) is 70.1 Å². The molecule has 8 heteroatoms. The topological polar surface area (TPSA) is 90.9 Å². The summed E-state index contributed by atoms with van der Waals surface area (Å²) in [6.45, 7) is 4.87. The summed E-state index contributed by atoms with van der Waals surface area (Å²) in [6.07, 6.45) is 10.0. The molecule has 0 bridgehead atoms. The second-order valence-electron chi connectivity index (χ2n) is 8.19. The highest BCUT2D eigenvalue weighted by atomic mass is 32.2. The Labute approximate surface area is 185 Å². The van der Waals surface area contributed by atoms with Gasteiger partial charge in [-0.25, -0.2) is 5.43 Å². The molecule has 2 saturated carbocycles. The van der Waals surface area contributed by atoms with Crippen LogP contribution in [0.1, 0.15) is 78.1 Å². The van der Waals surface area contributed by atoms with Gasteiger partial charge in [-0.3, -0.25) is 14.4 Å². The molecule has 30 heavy (non-hydrogen) atoms. The van der Waals surface area contributed by atoms with Gasteiger partial charge in [0.2, 0.25) is 11.7 Å². The van der Waals surface area contributed by atoms with Gasteiger partial charge in [0.25, 0.3) is 0 Å². The summed E-state index contributed by atoms with van der Waals surface area (Å²) in [6, 6.07) is -0.733. The minimum atomic E-state index is -0.733. The van der Waals surface area contributed by atoms with Crippen LogP contribution in [0.5, 0.6) is 0 Å². The molecule has 3 rings (SSSR count). The number of hydrogen-bond acceptors (Lipinski definition) is 5. The van der Waals surface area contributed by atoms with Crippen LogP contribution in [0.2, 0.25) is 0 Å². The first-order valence-corrected chi connectivity index (χ1v) is 12.6. The standard InChI is InChI=1S/C20H32N4O3S.C2H6/c1-24-12-13-28-20(24)23-22-19(27)17(25)16(14-8-4-2-5-9-14)21-18(26)15-10-6-3-7-11-15;1-2/h14-16H,2-13H2,1H3,(H,21,26)(H,22,27);1-2H3/b23-20+;. The van der Waals surface area contributed by atoms with E-state index in [-0.39, 0.29) is 17.7 Å². The summed E-state index contributed by atoms with van der Waals surface area (Å²) in [7, 11) is 1.90. The van der Waals surface area contributed by atoms with Crippen molar-refractivity contribution in [2.24, 2.45) is 16.9 Å². The van der Waals surface area contributed by atoms with Crippen LogP contribution in [0.4, 0.5) is 0 Å². The first kappa shape index (κ1) is 24.7. The Bertz CT molecular complexity index is 614. The lowest BCUT2D eigenvalue weighted by atomic mass is 9.81. The monoisotopic (exact) mass is 438 g/mol. The zero-order chi connectivity index (χ0) is 21.9. The highest BCUT2D eigenvalue weighted by Gasteiger charge is 2.36. The van der Waals surface area contributed by atoms with E-state index in [2.05, 4.69) is 15.8 Å². The van der Waals surface area contributed by atoms with Crippen LogP contribution in [-0.2, 0) is 14.4 Å². The zero-order valence-electron chi connectivity index (χ0n) is 18.7. The fourth-order valence-electron chi connectivity index (χ4n) is 4.39. The van der Waals surface area contributed by atoms with Crippen LogP contribution < -0.4 is 10.7 Å². The Kier molecular flexibility index (Phi) is 10.7. The minimum absolute atomic E-state index is 0.0283. The van der Waals surface area contributed by atoms with Crippen LogP contribution >= 0.6 is 11.8 Å². The average molecular weight is 439 g/mol. The number of hydrogen-bond donors (Lipinski definition) is 2. The van der Waals surface area contributed by atoms with Gasteiger partial charge >= 0.3 is 5.91 Å². The van der Waals surface area contributed by atoms with Crippen molar-refractivity contribution in [2.75, 3.05) is 19.3 Å². The van der Waals surface area contributed by atoms with Crippen molar-refractivity contribution in [3.05, 3.63) is 0 Å². The third-order valence-corrected chi connectivity index (χ3v) is 7.19.